The molecule has 1 unspecified atom stereocenters. The first-order chi connectivity index (χ1) is 5.97. The fourth-order valence-corrected chi connectivity index (χ4v) is 1.47. The van der Waals surface area contributed by atoms with Gasteiger partial charge in [-0.1, -0.05) is 17.7 Å². The Balaban J connectivity index is 3.20. The van der Waals surface area contributed by atoms with Crippen LogP contribution in [0.15, 0.2) is 18.2 Å². The van der Waals surface area contributed by atoms with Gasteiger partial charge in [-0.25, -0.2) is 0 Å². The summed E-state index contributed by atoms with van der Waals surface area (Å²) in [7, 11) is 0. The molecule has 0 aliphatic rings. The van der Waals surface area contributed by atoms with Crippen LogP contribution < -0.4 is 5.73 Å². The average Bonchev–Trinajstić information content (AvgIpc) is 2.09. The summed E-state index contributed by atoms with van der Waals surface area (Å²) in [4.78, 5) is 0. The highest BCUT2D eigenvalue weighted by Gasteiger charge is 2.21. The van der Waals surface area contributed by atoms with E-state index in [9.17, 15) is 0 Å². The molecular formula is C10H14ClNO. The molecule has 0 aliphatic carbocycles. The van der Waals surface area contributed by atoms with E-state index < -0.39 is 5.54 Å². The van der Waals surface area contributed by atoms with E-state index >= 15 is 0 Å². The van der Waals surface area contributed by atoms with E-state index in [1.807, 2.05) is 19.1 Å². The first-order valence-electron chi connectivity index (χ1n) is 4.14. The standard InChI is InChI=1S/C10H14ClNO/c1-7-3-4-8(11)5-9(7)10(2,12)6-13/h3-5,13H,6,12H2,1-2H3. The number of nitrogens with two attached hydrogens (primary N) is 1. The molecule has 1 aromatic carbocycles. The number of aliphatic hydroxyl groups is 1. The van der Waals surface area contributed by atoms with Crippen LogP contribution in [0.2, 0.25) is 5.02 Å². The first kappa shape index (κ1) is 10.5. The summed E-state index contributed by atoms with van der Waals surface area (Å²) in [5.41, 5.74) is 7.12. The van der Waals surface area contributed by atoms with E-state index in [0.29, 0.717) is 5.02 Å². The highest BCUT2D eigenvalue weighted by molar-refractivity contribution is 6.30. The van der Waals surface area contributed by atoms with E-state index in [2.05, 4.69) is 0 Å². The van der Waals surface area contributed by atoms with Crippen LogP contribution >= 0.6 is 11.6 Å². The number of aryl methyl sites for hydroxylation is 1. The fraction of sp³-hybridized carbons (Fsp3) is 0.400. The van der Waals surface area contributed by atoms with E-state index in [1.54, 1.807) is 13.0 Å². The Morgan fingerprint density at radius 2 is 2.15 bits per heavy atom. The number of benzene rings is 1. The summed E-state index contributed by atoms with van der Waals surface area (Å²) in [5, 5.41) is 9.74. The van der Waals surface area contributed by atoms with Gasteiger partial charge in [0, 0.05) is 5.02 Å². The van der Waals surface area contributed by atoms with Gasteiger partial charge >= 0.3 is 0 Å². The molecule has 1 aromatic rings. The molecule has 2 nitrogen and oxygen atoms in total. The molecule has 0 saturated carbocycles. The van der Waals surface area contributed by atoms with Crippen molar-refractivity contribution in [2.45, 2.75) is 19.4 Å². The van der Waals surface area contributed by atoms with Crippen molar-refractivity contribution in [1.82, 2.24) is 0 Å². The van der Waals surface area contributed by atoms with E-state index in [-0.39, 0.29) is 6.61 Å². The van der Waals surface area contributed by atoms with Gasteiger partial charge in [-0.15, -0.1) is 0 Å². The minimum atomic E-state index is -0.713. The summed E-state index contributed by atoms with van der Waals surface area (Å²) >= 11 is 5.84. The Hall–Kier alpha value is -0.570. The average molecular weight is 200 g/mol. The molecule has 3 N–H and O–H groups in total. The molecule has 0 bridgehead atoms. The number of rotatable bonds is 2. The molecule has 0 aliphatic heterocycles. The van der Waals surface area contributed by atoms with Crippen LogP contribution in [-0.2, 0) is 5.54 Å². The van der Waals surface area contributed by atoms with Crippen molar-refractivity contribution in [2.24, 2.45) is 5.73 Å². The molecule has 0 amide bonds. The lowest BCUT2D eigenvalue weighted by molar-refractivity contribution is 0.209. The van der Waals surface area contributed by atoms with Crippen LogP contribution in [0.5, 0.6) is 0 Å². The lowest BCUT2D eigenvalue weighted by Gasteiger charge is -2.24. The van der Waals surface area contributed by atoms with E-state index in [1.165, 1.54) is 0 Å². The quantitative estimate of drug-likeness (QED) is 0.763. The third-order valence-corrected chi connectivity index (χ3v) is 2.38. The maximum atomic E-state index is 9.09. The summed E-state index contributed by atoms with van der Waals surface area (Å²) in [6, 6.07) is 5.51. The fourth-order valence-electron chi connectivity index (χ4n) is 1.29. The molecule has 13 heavy (non-hydrogen) atoms. The number of hydrogen-bond donors (Lipinski definition) is 2. The minimum absolute atomic E-state index is 0.0891. The van der Waals surface area contributed by atoms with Crippen LogP contribution in [0, 0.1) is 6.92 Å². The van der Waals surface area contributed by atoms with Crippen molar-refractivity contribution < 1.29 is 5.11 Å². The Kier molecular flexibility index (Phi) is 2.96. The van der Waals surface area contributed by atoms with Gasteiger partial charge in [0.1, 0.15) is 0 Å². The number of aliphatic hydroxyl groups excluding tert-OH is 1. The zero-order chi connectivity index (χ0) is 10.1. The first-order valence-corrected chi connectivity index (χ1v) is 4.51. The highest BCUT2D eigenvalue weighted by atomic mass is 35.5. The molecule has 0 fully saturated rings. The second kappa shape index (κ2) is 3.66. The van der Waals surface area contributed by atoms with Crippen LogP contribution in [0.3, 0.4) is 0 Å². The van der Waals surface area contributed by atoms with Crippen molar-refractivity contribution in [3.05, 3.63) is 34.3 Å². The van der Waals surface area contributed by atoms with Crippen molar-refractivity contribution >= 4 is 11.6 Å². The Morgan fingerprint density at radius 3 is 2.69 bits per heavy atom. The molecular weight excluding hydrogens is 186 g/mol. The third kappa shape index (κ3) is 2.21. The smallest absolute Gasteiger partial charge is 0.0650 e. The second-order valence-electron chi connectivity index (χ2n) is 3.53. The van der Waals surface area contributed by atoms with Gasteiger partial charge in [0.2, 0.25) is 0 Å². The van der Waals surface area contributed by atoms with Crippen molar-refractivity contribution in [3.8, 4) is 0 Å². The summed E-state index contributed by atoms with van der Waals surface area (Å²) in [6.45, 7) is 3.65. The monoisotopic (exact) mass is 199 g/mol. The molecule has 0 aromatic heterocycles. The zero-order valence-corrected chi connectivity index (χ0v) is 8.60. The normalized spacial score (nSPS) is 15.5. The maximum absolute atomic E-state index is 9.09. The van der Waals surface area contributed by atoms with Crippen LogP contribution in [0.1, 0.15) is 18.1 Å². The van der Waals surface area contributed by atoms with E-state index in [4.69, 9.17) is 22.4 Å². The van der Waals surface area contributed by atoms with Crippen molar-refractivity contribution in [3.63, 3.8) is 0 Å². The maximum Gasteiger partial charge on any atom is 0.0650 e. The van der Waals surface area contributed by atoms with Gasteiger partial charge in [-0.05, 0) is 37.1 Å². The lowest BCUT2D eigenvalue weighted by Crippen LogP contribution is -2.37. The molecule has 0 spiro atoms. The summed E-state index contributed by atoms with van der Waals surface area (Å²) in [6.07, 6.45) is 0. The van der Waals surface area contributed by atoms with E-state index in [0.717, 1.165) is 11.1 Å². The van der Waals surface area contributed by atoms with Crippen LogP contribution in [-0.4, -0.2) is 11.7 Å². The minimum Gasteiger partial charge on any atom is -0.394 e. The summed E-state index contributed by atoms with van der Waals surface area (Å²) < 4.78 is 0. The van der Waals surface area contributed by atoms with Gasteiger partial charge in [0.15, 0.2) is 0 Å². The highest BCUT2D eigenvalue weighted by Crippen LogP contribution is 2.24. The van der Waals surface area contributed by atoms with Crippen molar-refractivity contribution in [1.29, 1.82) is 0 Å². The third-order valence-electron chi connectivity index (χ3n) is 2.14. The van der Waals surface area contributed by atoms with Gasteiger partial charge in [0.25, 0.3) is 0 Å². The van der Waals surface area contributed by atoms with Crippen LogP contribution in [0.25, 0.3) is 0 Å². The second-order valence-corrected chi connectivity index (χ2v) is 3.97. The number of hydrogen-bond acceptors (Lipinski definition) is 2. The van der Waals surface area contributed by atoms with Gasteiger partial charge in [0.05, 0.1) is 12.1 Å². The molecule has 3 heteroatoms. The molecule has 0 heterocycles. The summed E-state index contributed by atoms with van der Waals surface area (Å²) in [5.74, 6) is 0. The predicted octanol–water partition coefficient (Wildman–Crippen LogP) is 1.81. The Bertz CT molecular complexity index is 310. The predicted molar refractivity (Wildman–Crippen MR) is 54.8 cm³/mol. The van der Waals surface area contributed by atoms with Crippen LogP contribution in [0.4, 0.5) is 0 Å². The lowest BCUT2D eigenvalue weighted by atomic mass is 9.90. The Labute approximate surface area is 83.3 Å². The molecule has 1 rings (SSSR count). The largest absolute Gasteiger partial charge is 0.394 e. The van der Waals surface area contributed by atoms with Crippen molar-refractivity contribution in [2.75, 3.05) is 6.61 Å². The SMILES string of the molecule is Cc1ccc(Cl)cc1C(C)(N)CO. The topological polar surface area (TPSA) is 46.2 Å². The Morgan fingerprint density at radius 1 is 1.54 bits per heavy atom. The van der Waals surface area contributed by atoms with Gasteiger partial charge < -0.3 is 10.8 Å². The van der Waals surface area contributed by atoms with Gasteiger partial charge in [-0.3, -0.25) is 0 Å². The molecule has 0 radical (unpaired) electrons. The molecule has 1 atom stereocenters. The van der Waals surface area contributed by atoms with Gasteiger partial charge in [-0.2, -0.15) is 0 Å². The number of halogens is 1. The molecule has 0 saturated heterocycles. The molecule has 72 valence electrons. The zero-order valence-electron chi connectivity index (χ0n) is 7.84.